The molecule has 3 heteroatoms. The van der Waals surface area contributed by atoms with Gasteiger partial charge < -0.3 is 5.73 Å². The summed E-state index contributed by atoms with van der Waals surface area (Å²) in [7, 11) is 0. The molecule has 2 rings (SSSR count). The monoisotopic (exact) mass is 313 g/mol. The van der Waals surface area contributed by atoms with Gasteiger partial charge in [0.05, 0.1) is 0 Å². The van der Waals surface area contributed by atoms with Crippen molar-refractivity contribution in [2.24, 2.45) is 11.7 Å². The third kappa shape index (κ3) is 3.33. The van der Waals surface area contributed by atoms with E-state index in [1.807, 2.05) is 6.07 Å². The Morgan fingerprint density at radius 3 is 3.00 bits per heavy atom. The minimum atomic E-state index is -0.222. The summed E-state index contributed by atoms with van der Waals surface area (Å²) in [5.74, 6) is 0.570. The third-order valence-corrected chi connectivity index (χ3v) is 4.60. The SMILES string of the molecule is CCC1CCCC(N)(Cc2cc(Br)ccc2F)C1. The first kappa shape index (κ1) is 14.0. The Balaban J connectivity index is 2.14. The Morgan fingerprint density at radius 2 is 2.28 bits per heavy atom. The second-order valence-electron chi connectivity index (χ2n) is 5.65. The Hall–Kier alpha value is -0.410. The fraction of sp³-hybridized carbons (Fsp3) is 0.600. The first-order valence-corrected chi connectivity index (χ1v) is 7.54. The molecule has 2 unspecified atom stereocenters. The van der Waals surface area contributed by atoms with Crippen LogP contribution >= 0.6 is 15.9 Å². The zero-order valence-electron chi connectivity index (χ0n) is 10.9. The van der Waals surface area contributed by atoms with Gasteiger partial charge in [-0.3, -0.25) is 0 Å². The van der Waals surface area contributed by atoms with Gasteiger partial charge in [0.15, 0.2) is 0 Å². The van der Waals surface area contributed by atoms with Crippen LogP contribution in [0.1, 0.15) is 44.6 Å². The average molecular weight is 314 g/mol. The Labute approximate surface area is 117 Å². The van der Waals surface area contributed by atoms with E-state index in [0.717, 1.165) is 22.9 Å². The van der Waals surface area contributed by atoms with E-state index >= 15 is 0 Å². The highest BCUT2D eigenvalue weighted by atomic mass is 79.9. The summed E-state index contributed by atoms with van der Waals surface area (Å²) in [4.78, 5) is 0. The molecule has 0 saturated heterocycles. The van der Waals surface area contributed by atoms with Gasteiger partial charge in [0.1, 0.15) is 5.82 Å². The van der Waals surface area contributed by atoms with E-state index in [9.17, 15) is 4.39 Å². The first-order chi connectivity index (χ1) is 8.52. The zero-order chi connectivity index (χ0) is 13.2. The summed E-state index contributed by atoms with van der Waals surface area (Å²) >= 11 is 3.40. The standard InChI is InChI=1S/C15H21BrFN/c1-2-11-4-3-7-15(18,9-11)10-12-8-13(16)5-6-14(12)17/h5-6,8,11H,2-4,7,9-10,18H2,1H3. The molecule has 1 saturated carbocycles. The number of hydrogen-bond acceptors (Lipinski definition) is 1. The maximum absolute atomic E-state index is 13.8. The number of rotatable bonds is 3. The fourth-order valence-electron chi connectivity index (χ4n) is 3.09. The van der Waals surface area contributed by atoms with Gasteiger partial charge in [-0.05, 0) is 48.9 Å². The van der Waals surface area contributed by atoms with Crippen molar-refractivity contribution in [3.8, 4) is 0 Å². The van der Waals surface area contributed by atoms with Gasteiger partial charge in [0, 0.05) is 10.0 Å². The third-order valence-electron chi connectivity index (χ3n) is 4.11. The van der Waals surface area contributed by atoms with E-state index < -0.39 is 0 Å². The van der Waals surface area contributed by atoms with Crippen LogP contribution in [-0.2, 0) is 6.42 Å². The van der Waals surface area contributed by atoms with Crippen LogP contribution in [-0.4, -0.2) is 5.54 Å². The molecule has 1 aromatic carbocycles. The highest BCUT2D eigenvalue weighted by Gasteiger charge is 2.32. The van der Waals surface area contributed by atoms with Crippen LogP contribution in [0.2, 0.25) is 0 Å². The lowest BCUT2D eigenvalue weighted by atomic mass is 9.72. The number of benzene rings is 1. The lowest BCUT2D eigenvalue weighted by Gasteiger charge is -2.38. The van der Waals surface area contributed by atoms with Crippen molar-refractivity contribution in [2.75, 3.05) is 0 Å². The smallest absolute Gasteiger partial charge is 0.126 e. The lowest BCUT2D eigenvalue weighted by molar-refractivity contribution is 0.217. The van der Waals surface area contributed by atoms with Crippen molar-refractivity contribution < 1.29 is 4.39 Å². The number of nitrogens with two attached hydrogens (primary N) is 1. The van der Waals surface area contributed by atoms with E-state index in [-0.39, 0.29) is 11.4 Å². The van der Waals surface area contributed by atoms with Crippen molar-refractivity contribution in [1.29, 1.82) is 0 Å². The van der Waals surface area contributed by atoms with Gasteiger partial charge in [-0.25, -0.2) is 4.39 Å². The number of hydrogen-bond donors (Lipinski definition) is 1. The number of halogens is 2. The van der Waals surface area contributed by atoms with Crippen molar-refractivity contribution in [1.82, 2.24) is 0 Å². The van der Waals surface area contributed by atoms with Crippen LogP contribution in [0, 0.1) is 11.7 Å². The molecule has 1 aliphatic carbocycles. The summed E-state index contributed by atoms with van der Waals surface area (Å²) in [6.07, 6.45) is 6.31. The van der Waals surface area contributed by atoms with Crippen molar-refractivity contribution in [3.63, 3.8) is 0 Å². The molecule has 0 spiro atoms. The van der Waals surface area contributed by atoms with Crippen LogP contribution in [0.15, 0.2) is 22.7 Å². The predicted molar refractivity (Wildman–Crippen MR) is 77.0 cm³/mol. The molecule has 0 aromatic heterocycles. The minimum Gasteiger partial charge on any atom is -0.325 e. The van der Waals surface area contributed by atoms with Gasteiger partial charge in [0.25, 0.3) is 0 Å². The largest absolute Gasteiger partial charge is 0.325 e. The normalized spacial score (nSPS) is 28.3. The molecule has 0 radical (unpaired) electrons. The summed E-state index contributed by atoms with van der Waals surface area (Å²) in [6, 6.07) is 5.11. The predicted octanol–water partition coefficient (Wildman–Crippen LogP) is 4.43. The molecular weight excluding hydrogens is 293 g/mol. The molecule has 0 aliphatic heterocycles. The fourth-order valence-corrected chi connectivity index (χ4v) is 3.50. The molecule has 2 atom stereocenters. The van der Waals surface area contributed by atoms with Gasteiger partial charge in [-0.15, -0.1) is 0 Å². The summed E-state index contributed by atoms with van der Waals surface area (Å²) in [5.41, 5.74) is 7.01. The molecule has 0 heterocycles. The van der Waals surface area contributed by atoms with Crippen LogP contribution < -0.4 is 5.73 Å². The van der Waals surface area contributed by atoms with E-state index in [0.29, 0.717) is 12.3 Å². The molecule has 1 aromatic rings. The van der Waals surface area contributed by atoms with E-state index in [4.69, 9.17) is 5.73 Å². The van der Waals surface area contributed by atoms with Crippen LogP contribution in [0.5, 0.6) is 0 Å². The molecule has 1 nitrogen and oxygen atoms in total. The quantitative estimate of drug-likeness (QED) is 0.877. The molecule has 18 heavy (non-hydrogen) atoms. The van der Waals surface area contributed by atoms with Crippen molar-refractivity contribution >= 4 is 15.9 Å². The Kier molecular flexibility index (Phi) is 4.44. The maximum Gasteiger partial charge on any atom is 0.126 e. The second-order valence-corrected chi connectivity index (χ2v) is 6.56. The zero-order valence-corrected chi connectivity index (χ0v) is 12.5. The summed E-state index contributed by atoms with van der Waals surface area (Å²) in [5, 5.41) is 0. The minimum absolute atomic E-state index is 0.137. The van der Waals surface area contributed by atoms with Gasteiger partial charge in [-0.2, -0.15) is 0 Å². The van der Waals surface area contributed by atoms with E-state index in [2.05, 4.69) is 22.9 Å². The van der Waals surface area contributed by atoms with Gasteiger partial charge >= 0.3 is 0 Å². The Bertz CT molecular complexity index is 421. The highest BCUT2D eigenvalue weighted by Crippen LogP contribution is 2.35. The maximum atomic E-state index is 13.8. The van der Waals surface area contributed by atoms with Crippen molar-refractivity contribution in [3.05, 3.63) is 34.1 Å². The van der Waals surface area contributed by atoms with Crippen LogP contribution in [0.25, 0.3) is 0 Å². The topological polar surface area (TPSA) is 26.0 Å². The molecule has 2 N–H and O–H groups in total. The summed E-state index contributed by atoms with van der Waals surface area (Å²) in [6.45, 7) is 2.22. The molecule has 100 valence electrons. The Morgan fingerprint density at radius 1 is 1.50 bits per heavy atom. The first-order valence-electron chi connectivity index (χ1n) is 6.75. The molecule has 0 bridgehead atoms. The molecule has 0 amide bonds. The summed E-state index contributed by atoms with van der Waals surface area (Å²) < 4.78 is 14.7. The van der Waals surface area contributed by atoms with Crippen LogP contribution in [0.4, 0.5) is 4.39 Å². The van der Waals surface area contributed by atoms with E-state index in [1.54, 1.807) is 6.07 Å². The molecule has 1 fully saturated rings. The van der Waals surface area contributed by atoms with Crippen LogP contribution in [0.3, 0.4) is 0 Å². The second kappa shape index (κ2) is 5.70. The lowest BCUT2D eigenvalue weighted by Crippen LogP contribution is -2.46. The molecule has 1 aliphatic rings. The molecular formula is C15H21BrFN. The van der Waals surface area contributed by atoms with Gasteiger partial charge in [-0.1, -0.05) is 42.1 Å². The average Bonchev–Trinajstić information content (AvgIpc) is 2.33. The van der Waals surface area contributed by atoms with E-state index in [1.165, 1.54) is 25.3 Å². The van der Waals surface area contributed by atoms with Crippen molar-refractivity contribution in [2.45, 2.75) is 51.0 Å². The van der Waals surface area contributed by atoms with Gasteiger partial charge in [0.2, 0.25) is 0 Å². The highest BCUT2D eigenvalue weighted by molar-refractivity contribution is 9.10.